The fourth-order valence-corrected chi connectivity index (χ4v) is 3.99. The number of allylic oxidation sites excluding steroid dienone is 1. The highest BCUT2D eigenvalue weighted by molar-refractivity contribution is 7.92. The first-order chi connectivity index (χ1) is 10.6. The Balaban J connectivity index is 2.33. The number of nitriles is 1. The first-order valence-electron chi connectivity index (χ1n) is 6.94. The van der Waals surface area contributed by atoms with Crippen molar-refractivity contribution >= 4 is 9.84 Å². The van der Waals surface area contributed by atoms with E-state index in [1.54, 1.807) is 24.3 Å². The van der Waals surface area contributed by atoms with Crippen LogP contribution >= 0.6 is 0 Å². The van der Waals surface area contributed by atoms with Crippen molar-refractivity contribution in [1.29, 1.82) is 5.26 Å². The van der Waals surface area contributed by atoms with Gasteiger partial charge in [0.1, 0.15) is 0 Å². The van der Waals surface area contributed by atoms with Gasteiger partial charge < -0.3 is 0 Å². The van der Waals surface area contributed by atoms with Gasteiger partial charge in [0.05, 0.1) is 11.0 Å². The van der Waals surface area contributed by atoms with Crippen LogP contribution < -0.4 is 0 Å². The highest BCUT2D eigenvalue weighted by atomic mass is 32.2. The lowest BCUT2D eigenvalue weighted by atomic mass is 9.96. The van der Waals surface area contributed by atoms with Gasteiger partial charge in [-0.1, -0.05) is 54.6 Å². The maximum Gasteiger partial charge on any atom is 0.195 e. The molecule has 0 N–H and O–H groups in total. The molecule has 1 unspecified atom stereocenters. The summed E-state index contributed by atoms with van der Waals surface area (Å²) in [6.07, 6.45) is 2.02. The third-order valence-electron chi connectivity index (χ3n) is 3.54. The van der Waals surface area contributed by atoms with E-state index in [1.807, 2.05) is 36.4 Å². The van der Waals surface area contributed by atoms with Crippen LogP contribution in [0.25, 0.3) is 0 Å². The van der Waals surface area contributed by atoms with Crippen molar-refractivity contribution in [3.05, 3.63) is 78.9 Å². The molecule has 0 saturated carbocycles. The molecule has 0 fully saturated rings. The second-order valence-electron chi connectivity index (χ2n) is 5.00. The molecule has 2 aromatic rings. The minimum Gasteiger partial charge on any atom is -0.222 e. The van der Waals surface area contributed by atoms with Gasteiger partial charge in [-0.2, -0.15) is 5.26 Å². The van der Waals surface area contributed by atoms with Crippen molar-refractivity contribution in [1.82, 2.24) is 0 Å². The third kappa shape index (κ3) is 3.44. The van der Waals surface area contributed by atoms with Crippen molar-refractivity contribution in [3.63, 3.8) is 0 Å². The van der Waals surface area contributed by atoms with Crippen molar-refractivity contribution in [3.8, 4) is 6.07 Å². The molecule has 0 saturated heterocycles. The quantitative estimate of drug-likeness (QED) is 0.768. The second kappa shape index (κ2) is 7.06. The number of benzene rings is 2. The SMILES string of the molecule is C=C[C@H](Cc1ccccc1)C(C#N)S(=O)(=O)c1ccccc1. The first-order valence-corrected chi connectivity index (χ1v) is 8.49. The summed E-state index contributed by atoms with van der Waals surface area (Å²) < 4.78 is 25.4. The fraction of sp³-hybridized carbons (Fsp3) is 0.167. The Morgan fingerprint density at radius 2 is 1.59 bits per heavy atom. The Bertz CT molecular complexity index is 762. The van der Waals surface area contributed by atoms with E-state index in [4.69, 9.17) is 0 Å². The lowest BCUT2D eigenvalue weighted by Crippen LogP contribution is -2.29. The van der Waals surface area contributed by atoms with Gasteiger partial charge in [-0.05, 0) is 24.1 Å². The summed E-state index contributed by atoms with van der Waals surface area (Å²) in [6.45, 7) is 3.72. The molecule has 0 radical (unpaired) electrons. The van der Waals surface area contributed by atoms with Crippen LogP contribution in [0.3, 0.4) is 0 Å². The number of hydrogen-bond donors (Lipinski definition) is 0. The molecule has 0 heterocycles. The van der Waals surface area contributed by atoms with Gasteiger partial charge >= 0.3 is 0 Å². The van der Waals surface area contributed by atoms with Gasteiger partial charge in [-0.25, -0.2) is 8.42 Å². The average Bonchev–Trinajstić information content (AvgIpc) is 2.56. The smallest absolute Gasteiger partial charge is 0.195 e. The van der Waals surface area contributed by atoms with Crippen molar-refractivity contribution in [2.24, 2.45) is 5.92 Å². The summed E-state index contributed by atoms with van der Waals surface area (Å²) in [5, 5.41) is 8.28. The van der Waals surface area contributed by atoms with Crippen LogP contribution in [0.5, 0.6) is 0 Å². The Morgan fingerprint density at radius 3 is 2.09 bits per heavy atom. The first kappa shape index (κ1) is 16.0. The van der Waals surface area contributed by atoms with E-state index in [0.717, 1.165) is 5.56 Å². The monoisotopic (exact) mass is 311 g/mol. The zero-order chi connectivity index (χ0) is 16.0. The lowest BCUT2D eigenvalue weighted by molar-refractivity contribution is 0.564. The van der Waals surface area contributed by atoms with E-state index in [9.17, 15) is 13.7 Å². The predicted octanol–water partition coefficient (Wildman–Crippen LogP) is 3.40. The maximum atomic E-state index is 12.7. The minimum absolute atomic E-state index is 0.168. The van der Waals surface area contributed by atoms with Crippen LogP contribution in [0.4, 0.5) is 0 Å². The van der Waals surface area contributed by atoms with E-state index >= 15 is 0 Å². The van der Waals surface area contributed by atoms with Gasteiger partial charge in [0, 0.05) is 5.92 Å². The van der Waals surface area contributed by atoms with Gasteiger partial charge in [-0.3, -0.25) is 0 Å². The molecule has 112 valence electrons. The van der Waals surface area contributed by atoms with E-state index < -0.39 is 21.0 Å². The molecule has 0 spiro atoms. The van der Waals surface area contributed by atoms with Crippen LogP contribution in [-0.4, -0.2) is 13.7 Å². The molecule has 0 aromatic heterocycles. The van der Waals surface area contributed by atoms with Gasteiger partial charge in [0.15, 0.2) is 15.1 Å². The molecule has 2 atom stereocenters. The zero-order valence-corrected chi connectivity index (χ0v) is 12.9. The van der Waals surface area contributed by atoms with Crippen molar-refractivity contribution < 1.29 is 8.42 Å². The largest absolute Gasteiger partial charge is 0.222 e. The summed E-state index contributed by atoms with van der Waals surface area (Å²) in [5.74, 6) is -0.461. The predicted molar refractivity (Wildman–Crippen MR) is 86.9 cm³/mol. The molecule has 0 aliphatic rings. The highest BCUT2D eigenvalue weighted by Gasteiger charge is 2.33. The molecular weight excluding hydrogens is 294 g/mol. The van der Waals surface area contributed by atoms with Gasteiger partial charge in [-0.15, -0.1) is 6.58 Å². The Kier molecular flexibility index (Phi) is 5.13. The second-order valence-corrected chi connectivity index (χ2v) is 7.07. The van der Waals surface area contributed by atoms with Crippen LogP contribution in [0.15, 0.2) is 78.2 Å². The molecule has 2 aromatic carbocycles. The number of rotatable bonds is 6. The summed E-state index contributed by atoms with van der Waals surface area (Å²) in [6, 6.07) is 19.6. The van der Waals surface area contributed by atoms with Crippen LogP contribution in [0.1, 0.15) is 5.56 Å². The lowest BCUT2D eigenvalue weighted by Gasteiger charge is -2.19. The van der Waals surface area contributed by atoms with Gasteiger partial charge in [0.2, 0.25) is 0 Å². The number of sulfone groups is 1. The highest BCUT2D eigenvalue weighted by Crippen LogP contribution is 2.24. The van der Waals surface area contributed by atoms with Crippen LogP contribution in [0.2, 0.25) is 0 Å². The molecule has 0 aliphatic heterocycles. The molecule has 0 amide bonds. The van der Waals surface area contributed by atoms with Crippen molar-refractivity contribution in [2.75, 3.05) is 0 Å². The molecule has 22 heavy (non-hydrogen) atoms. The molecule has 4 heteroatoms. The molecule has 0 aliphatic carbocycles. The number of hydrogen-bond acceptors (Lipinski definition) is 3. The van der Waals surface area contributed by atoms with E-state index in [-0.39, 0.29) is 4.90 Å². The third-order valence-corrected chi connectivity index (χ3v) is 5.59. The van der Waals surface area contributed by atoms with Crippen LogP contribution in [0, 0.1) is 17.2 Å². The Morgan fingerprint density at radius 1 is 1.05 bits per heavy atom. The summed E-state index contributed by atoms with van der Waals surface area (Å²) in [4.78, 5) is 0.168. The summed E-state index contributed by atoms with van der Waals surface area (Å²) in [5.41, 5.74) is 0.982. The Hall–Kier alpha value is -2.38. The maximum absolute atomic E-state index is 12.7. The fourth-order valence-electron chi connectivity index (χ4n) is 2.35. The Labute approximate surface area is 131 Å². The standard InChI is InChI=1S/C18H17NO2S/c1-2-16(13-15-9-5-3-6-10-15)18(14-19)22(20,21)17-11-7-4-8-12-17/h2-12,16,18H,1,13H2/t16-,18?/m1/s1. The van der Waals surface area contributed by atoms with E-state index in [0.29, 0.717) is 6.42 Å². The molecule has 0 bridgehead atoms. The molecular formula is C18H17NO2S. The molecule has 2 rings (SSSR count). The van der Waals surface area contributed by atoms with Crippen molar-refractivity contribution in [2.45, 2.75) is 16.6 Å². The van der Waals surface area contributed by atoms with E-state index in [2.05, 4.69) is 6.58 Å². The normalized spacial score (nSPS) is 13.8. The van der Waals surface area contributed by atoms with E-state index in [1.165, 1.54) is 12.1 Å². The average molecular weight is 311 g/mol. The summed E-state index contributed by atoms with van der Waals surface area (Å²) in [7, 11) is -3.71. The minimum atomic E-state index is -3.71. The van der Waals surface area contributed by atoms with Gasteiger partial charge in [0.25, 0.3) is 0 Å². The molecule has 3 nitrogen and oxygen atoms in total. The van der Waals surface area contributed by atoms with Crippen LogP contribution in [-0.2, 0) is 16.3 Å². The number of nitrogens with zero attached hydrogens (tertiary/aromatic N) is 1. The summed E-state index contributed by atoms with van der Waals surface area (Å²) >= 11 is 0. The topological polar surface area (TPSA) is 57.9 Å². The zero-order valence-electron chi connectivity index (χ0n) is 12.1.